The molecule has 2 N–H and O–H groups in total. The second-order valence-electron chi connectivity index (χ2n) is 3.24. The maximum absolute atomic E-state index is 11.1. The number of esters is 1. The molecule has 0 aromatic carbocycles. The Morgan fingerprint density at radius 2 is 2.06 bits per heavy atom. The summed E-state index contributed by atoms with van der Waals surface area (Å²) < 4.78 is 4.71. The number of allylic oxidation sites excluding steroid dienone is 1. The zero-order valence-electron chi connectivity index (χ0n) is 9.12. The van der Waals surface area contributed by atoms with Crippen molar-refractivity contribution in [2.45, 2.75) is 19.8 Å². The molecule has 0 saturated carbocycles. The summed E-state index contributed by atoms with van der Waals surface area (Å²) in [6.07, 6.45) is 0.0954. The van der Waals surface area contributed by atoms with Crippen molar-refractivity contribution in [3.63, 3.8) is 0 Å². The lowest BCUT2D eigenvalue weighted by Crippen LogP contribution is -2.18. The molecule has 0 atom stereocenters. The van der Waals surface area contributed by atoms with Gasteiger partial charge in [-0.15, -0.1) is 0 Å². The van der Waals surface area contributed by atoms with Gasteiger partial charge in [-0.25, -0.2) is 0 Å². The van der Waals surface area contributed by atoms with E-state index < -0.39 is 10.9 Å². The summed E-state index contributed by atoms with van der Waals surface area (Å²) in [5.74, 6) is -0.00487. The fourth-order valence-corrected chi connectivity index (χ4v) is 1.40. The van der Waals surface area contributed by atoms with Crippen molar-refractivity contribution in [3.8, 4) is 0 Å². The Balaban J connectivity index is 2.56. The second-order valence-corrected chi connectivity index (χ2v) is 3.24. The highest BCUT2D eigenvalue weighted by Crippen LogP contribution is 2.11. The minimum absolute atomic E-state index is 0.00514. The number of ether oxygens (including phenoxy) is 1. The Kier molecular flexibility index (Phi) is 4.56. The summed E-state index contributed by atoms with van der Waals surface area (Å²) in [4.78, 5) is 21.4. The van der Waals surface area contributed by atoms with Crippen LogP contribution in [0.5, 0.6) is 0 Å². The standard InChI is InChI=1S/C9H15N3O4/c1-2-16-8(13)4-3-7(12(14)15)9-10-5-6-11-9/h10-11H,2-6H2,1H3. The number of nitro groups is 1. The van der Waals surface area contributed by atoms with Crippen molar-refractivity contribution in [3.05, 3.63) is 21.6 Å². The van der Waals surface area contributed by atoms with Gasteiger partial charge < -0.3 is 15.4 Å². The molecule has 1 heterocycles. The molecule has 0 radical (unpaired) electrons. The van der Waals surface area contributed by atoms with E-state index in [1.165, 1.54) is 0 Å². The first kappa shape index (κ1) is 12.3. The quantitative estimate of drug-likeness (QED) is 0.390. The van der Waals surface area contributed by atoms with Crippen LogP contribution in [-0.2, 0) is 9.53 Å². The smallest absolute Gasteiger partial charge is 0.306 e. The Hall–Kier alpha value is -1.79. The van der Waals surface area contributed by atoms with Crippen LogP contribution in [0.1, 0.15) is 19.8 Å². The van der Waals surface area contributed by atoms with Crippen LogP contribution in [0.3, 0.4) is 0 Å². The van der Waals surface area contributed by atoms with Crippen molar-refractivity contribution < 1.29 is 14.5 Å². The molecular weight excluding hydrogens is 214 g/mol. The van der Waals surface area contributed by atoms with Crippen molar-refractivity contribution in [1.82, 2.24) is 10.6 Å². The summed E-state index contributed by atoms with van der Waals surface area (Å²) in [6.45, 7) is 3.31. The van der Waals surface area contributed by atoms with Gasteiger partial charge in [-0.05, 0) is 6.92 Å². The van der Waals surface area contributed by atoms with Crippen LogP contribution in [0.15, 0.2) is 11.5 Å². The molecule has 7 heteroatoms. The highest BCUT2D eigenvalue weighted by atomic mass is 16.6. The van der Waals surface area contributed by atoms with Crippen LogP contribution in [0, 0.1) is 10.1 Å². The lowest BCUT2D eigenvalue weighted by atomic mass is 10.2. The first-order chi connectivity index (χ1) is 7.65. The second kappa shape index (κ2) is 5.94. The molecule has 90 valence electrons. The van der Waals surface area contributed by atoms with Crippen LogP contribution in [0.2, 0.25) is 0 Å². The number of rotatable bonds is 5. The average Bonchev–Trinajstić information content (AvgIpc) is 2.71. The molecular formula is C9H15N3O4. The van der Waals surface area contributed by atoms with Gasteiger partial charge >= 0.3 is 5.97 Å². The number of nitrogens with zero attached hydrogens (tertiary/aromatic N) is 1. The summed E-state index contributed by atoms with van der Waals surface area (Å²) >= 11 is 0. The maximum atomic E-state index is 11.1. The molecule has 16 heavy (non-hydrogen) atoms. The Morgan fingerprint density at radius 1 is 1.44 bits per heavy atom. The number of hydrogen-bond acceptors (Lipinski definition) is 6. The summed E-state index contributed by atoms with van der Waals surface area (Å²) in [5, 5.41) is 16.5. The van der Waals surface area contributed by atoms with E-state index in [1.54, 1.807) is 6.92 Å². The van der Waals surface area contributed by atoms with E-state index in [0.29, 0.717) is 25.5 Å². The van der Waals surface area contributed by atoms with Gasteiger partial charge in [0.25, 0.3) is 5.70 Å². The van der Waals surface area contributed by atoms with Crippen LogP contribution in [0.4, 0.5) is 0 Å². The minimum Gasteiger partial charge on any atom is -0.466 e. The zero-order chi connectivity index (χ0) is 12.0. The number of hydrogen-bond donors (Lipinski definition) is 2. The van der Waals surface area contributed by atoms with Gasteiger partial charge in [0.15, 0.2) is 5.82 Å². The van der Waals surface area contributed by atoms with Gasteiger partial charge in [-0.1, -0.05) is 0 Å². The monoisotopic (exact) mass is 229 g/mol. The van der Waals surface area contributed by atoms with E-state index in [0.717, 1.165) is 0 Å². The first-order valence-corrected chi connectivity index (χ1v) is 5.16. The van der Waals surface area contributed by atoms with Crippen molar-refractivity contribution >= 4 is 5.97 Å². The summed E-state index contributed by atoms with van der Waals surface area (Å²) in [5.41, 5.74) is 0.00514. The van der Waals surface area contributed by atoms with Gasteiger partial charge in [-0.3, -0.25) is 14.9 Å². The normalized spacial score (nSPS) is 13.9. The fourth-order valence-electron chi connectivity index (χ4n) is 1.40. The average molecular weight is 229 g/mol. The number of nitrogens with one attached hydrogen (secondary N) is 2. The molecule has 1 fully saturated rings. The minimum atomic E-state index is -0.472. The third-order valence-corrected chi connectivity index (χ3v) is 2.11. The van der Waals surface area contributed by atoms with Gasteiger partial charge in [0.1, 0.15) is 0 Å². The zero-order valence-corrected chi connectivity index (χ0v) is 9.12. The first-order valence-electron chi connectivity index (χ1n) is 5.16. The Labute approximate surface area is 93.0 Å². The molecule has 0 aliphatic carbocycles. The van der Waals surface area contributed by atoms with Gasteiger partial charge in [0.2, 0.25) is 0 Å². The lowest BCUT2D eigenvalue weighted by Gasteiger charge is -2.04. The number of carbonyl (C=O) groups excluding carboxylic acids is 1. The van der Waals surface area contributed by atoms with E-state index in [9.17, 15) is 14.9 Å². The molecule has 7 nitrogen and oxygen atoms in total. The lowest BCUT2D eigenvalue weighted by molar-refractivity contribution is -0.429. The Morgan fingerprint density at radius 3 is 2.56 bits per heavy atom. The maximum Gasteiger partial charge on any atom is 0.306 e. The van der Waals surface area contributed by atoms with E-state index in [2.05, 4.69) is 10.6 Å². The highest BCUT2D eigenvalue weighted by molar-refractivity contribution is 5.69. The number of carbonyl (C=O) groups is 1. The summed E-state index contributed by atoms with van der Waals surface area (Å²) in [6, 6.07) is 0. The molecule has 0 unspecified atom stereocenters. The predicted octanol–water partition coefficient (Wildman–Crippen LogP) is -0.0317. The van der Waals surface area contributed by atoms with Crippen molar-refractivity contribution in [2.24, 2.45) is 0 Å². The molecule has 0 amide bonds. The van der Waals surface area contributed by atoms with E-state index in [1.807, 2.05) is 0 Å². The van der Waals surface area contributed by atoms with Crippen LogP contribution >= 0.6 is 0 Å². The highest BCUT2D eigenvalue weighted by Gasteiger charge is 2.22. The van der Waals surface area contributed by atoms with Crippen LogP contribution in [-0.4, -0.2) is 30.6 Å². The molecule has 0 aromatic rings. The summed E-state index contributed by atoms with van der Waals surface area (Å²) in [7, 11) is 0. The topological polar surface area (TPSA) is 93.5 Å². The third kappa shape index (κ3) is 3.41. The molecule has 1 rings (SSSR count). The van der Waals surface area contributed by atoms with Crippen molar-refractivity contribution in [1.29, 1.82) is 0 Å². The fraction of sp³-hybridized carbons (Fsp3) is 0.667. The Bertz CT molecular complexity index is 306. The van der Waals surface area contributed by atoms with Gasteiger partial charge in [0.05, 0.1) is 24.4 Å². The molecule has 0 bridgehead atoms. The van der Waals surface area contributed by atoms with E-state index >= 15 is 0 Å². The largest absolute Gasteiger partial charge is 0.466 e. The van der Waals surface area contributed by atoms with Crippen molar-refractivity contribution in [2.75, 3.05) is 19.7 Å². The van der Waals surface area contributed by atoms with Gasteiger partial charge in [-0.2, -0.15) is 0 Å². The van der Waals surface area contributed by atoms with Gasteiger partial charge in [0, 0.05) is 13.1 Å². The van der Waals surface area contributed by atoms with Crippen LogP contribution < -0.4 is 10.6 Å². The predicted molar refractivity (Wildman–Crippen MR) is 55.9 cm³/mol. The molecule has 1 saturated heterocycles. The van der Waals surface area contributed by atoms with E-state index in [-0.39, 0.29) is 18.5 Å². The SMILES string of the molecule is CCOC(=O)CCC(=C1NCCN1)[N+](=O)[O-]. The molecule has 0 spiro atoms. The molecule has 1 aliphatic heterocycles. The van der Waals surface area contributed by atoms with E-state index in [4.69, 9.17) is 4.74 Å². The molecule has 1 aliphatic rings. The van der Waals surface area contributed by atoms with Crippen LogP contribution in [0.25, 0.3) is 0 Å². The third-order valence-electron chi connectivity index (χ3n) is 2.11. The molecule has 0 aromatic heterocycles.